The zero-order valence-electron chi connectivity index (χ0n) is 9.24. The third kappa shape index (κ3) is 2.96. The molecular formula is C10H9ClIN3O2S. The second-order valence-electron chi connectivity index (χ2n) is 3.56. The van der Waals surface area contributed by atoms with Crippen molar-refractivity contribution in [3.63, 3.8) is 0 Å². The van der Waals surface area contributed by atoms with Crippen LogP contribution < -0.4 is 4.72 Å². The molecule has 1 heterocycles. The van der Waals surface area contributed by atoms with Gasteiger partial charge in [-0.1, -0.05) is 11.6 Å². The molecule has 0 saturated heterocycles. The second-order valence-corrected chi connectivity index (χ2v) is 6.87. The number of H-pyrrole nitrogens is 1. The molecule has 2 rings (SSSR count). The molecule has 0 aliphatic heterocycles. The average molecular weight is 398 g/mol. The zero-order valence-corrected chi connectivity index (χ0v) is 13.0. The van der Waals surface area contributed by atoms with E-state index in [1.54, 1.807) is 25.1 Å². The molecule has 1 aromatic heterocycles. The highest BCUT2D eigenvalue weighted by Gasteiger charge is 2.18. The number of halogens is 2. The Hall–Kier alpha value is -0.800. The summed E-state index contributed by atoms with van der Waals surface area (Å²) in [5.41, 5.74) is 0.343. The average Bonchev–Trinajstić information content (AvgIpc) is 2.71. The van der Waals surface area contributed by atoms with Crippen molar-refractivity contribution < 1.29 is 8.42 Å². The molecule has 1 aromatic carbocycles. The molecule has 8 heteroatoms. The first-order chi connectivity index (χ1) is 8.38. The first-order valence-electron chi connectivity index (χ1n) is 4.88. The van der Waals surface area contributed by atoms with Crippen molar-refractivity contribution in [2.45, 2.75) is 11.9 Å². The van der Waals surface area contributed by atoms with E-state index < -0.39 is 10.0 Å². The third-order valence-electron chi connectivity index (χ3n) is 2.14. The maximum absolute atomic E-state index is 12.0. The van der Waals surface area contributed by atoms with Crippen molar-refractivity contribution in [1.82, 2.24) is 9.97 Å². The van der Waals surface area contributed by atoms with Gasteiger partial charge in [-0.25, -0.2) is 4.98 Å². The van der Waals surface area contributed by atoms with Gasteiger partial charge in [0.25, 0.3) is 10.0 Å². The fraction of sp³-hybridized carbons (Fsp3) is 0.100. The maximum Gasteiger partial charge on any atom is 0.279 e. The topological polar surface area (TPSA) is 74.8 Å². The summed E-state index contributed by atoms with van der Waals surface area (Å²) >= 11 is 8.02. The Kier molecular flexibility index (Phi) is 3.83. The van der Waals surface area contributed by atoms with Gasteiger partial charge < -0.3 is 4.98 Å². The molecule has 96 valence electrons. The Morgan fingerprint density at radius 1 is 1.44 bits per heavy atom. The second kappa shape index (κ2) is 5.06. The SMILES string of the molecule is Cc1ncc(S(=O)(=O)Nc2cc(I)ccc2Cl)[nH]1. The summed E-state index contributed by atoms with van der Waals surface area (Å²) in [4.78, 5) is 6.52. The van der Waals surface area contributed by atoms with Crippen LogP contribution >= 0.6 is 34.2 Å². The van der Waals surface area contributed by atoms with Gasteiger partial charge in [-0.15, -0.1) is 0 Å². The quantitative estimate of drug-likeness (QED) is 0.782. The number of benzene rings is 1. The summed E-state index contributed by atoms with van der Waals surface area (Å²) in [7, 11) is -3.69. The Morgan fingerprint density at radius 2 is 2.17 bits per heavy atom. The largest absolute Gasteiger partial charge is 0.332 e. The van der Waals surface area contributed by atoms with Crippen LogP contribution in [-0.4, -0.2) is 18.4 Å². The van der Waals surface area contributed by atoms with Gasteiger partial charge in [0.2, 0.25) is 0 Å². The monoisotopic (exact) mass is 397 g/mol. The van der Waals surface area contributed by atoms with E-state index in [0.717, 1.165) is 3.57 Å². The van der Waals surface area contributed by atoms with E-state index in [4.69, 9.17) is 11.6 Å². The number of imidazole rings is 1. The highest BCUT2D eigenvalue weighted by Crippen LogP contribution is 2.26. The van der Waals surface area contributed by atoms with Crippen LogP contribution in [0.1, 0.15) is 5.82 Å². The van der Waals surface area contributed by atoms with Gasteiger partial charge in [-0.05, 0) is 47.7 Å². The first kappa shape index (κ1) is 13.6. The Labute approximate surface area is 123 Å². The molecule has 0 amide bonds. The van der Waals surface area contributed by atoms with Crippen molar-refractivity contribution >= 4 is 49.9 Å². The van der Waals surface area contributed by atoms with Gasteiger partial charge in [-0.3, -0.25) is 4.72 Å². The molecule has 0 atom stereocenters. The fourth-order valence-electron chi connectivity index (χ4n) is 1.31. The first-order valence-corrected chi connectivity index (χ1v) is 7.82. The van der Waals surface area contributed by atoms with Gasteiger partial charge >= 0.3 is 0 Å². The van der Waals surface area contributed by atoms with Gasteiger partial charge in [0.1, 0.15) is 5.82 Å². The van der Waals surface area contributed by atoms with E-state index in [-0.39, 0.29) is 5.03 Å². The molecule has 5 nitrogen and oxygen atoms in total. The number of aromatic nitrogens is 2. The van der Waals surface area contributed by atoms with Crippen LogP contribution in [0.25, 0.3) is 0 Å². The van der Waals surface area contributed by atoms with Crippen LogP contribution in [0.2, 0.25) is 5.02 Å². The molecule has 0 spiro atoms. The van der Waals surface area contributed by atoms with E-state index in [1.165, 1.54) is 6.20 Å². The molecule has 0 aliphatic carbocycles. The molecule has 18 heavy (non-hydrogen) atoms. The lowest BCUT2D eigenvalue weighted by molar-refractivity contribution is 0.598. The van der Waals surface area contributed by atoms with Crippen LogP contribution in [-0.2, 0) is 10.0 Å². The van der Waals surface area contributed by atoms with E-state index in [1.807, 2.05) is 0 Å². The minimum absolute atomic E-state index is 0.00919. The number of aryl methyl sites for hydroxylation is 1. The molecule has 0 aliphatic rings. The van der Waals surface area contributed by atoms with Crippen molar-refractivity contribution in [2.75, 3.05) is 4.72 Å². The van der Waals surface area contributed by atoms with Crippen LogP contribution in [0.4, 0.5) is 5.69 Å². The van der Waals surface area contributed by atoms with Crippen molar-refractivity contribution in [1.29, 1.82) is 0 Å². The van der Waals surface area contributed by atoms with Crippen LogP contribution in [0.5, 0.6) is 0 Å². The number of hydrogen-bond acceptors (Lipinski definition) is 3. The standard InChI is InChI=1S/C10H9ClIN3O2S/c1-6-13-5-10(14-6)18(16,17)15-9-4-7(12)2-3-8(9)11/h2-5,15H,1H3,(H,13,14). The molecule has 0 radical (unpaired) electrons. The number of rotatable bonds is 3. The Bertz CT molecular complexity index is 684. The molecule has 0 fully saturated rings. The van der Waals surface area contributed by atoms with E-state index in [9.17, 15) is 8.42 Å². The summed E-state index contributed by atoms with van der Waals surface area (Å²) in [5.74, 6) is 0.532. The minimum Gasteiger partial charge on any atom is -0.332 e. The van der Waals surface area contributed by atoms with Crippen molar-refractivity contribution in [2.24, 2.45) is 0 Å². The van der Waals surface area contributed by atoms with E-state index >= 15 is 0 Å². The van der Waals surface area contributed by atoms with Gasteiger partial charge in [0.15, 0.2) is 5.03 Å². The fourth-order valence-corrected chi connectivity index (χ4v) is 3.06. The maximum atomic E-state index is 12.0. The summed E-state index contributed by atoms with van der Waals surface area (Å²) in [6.07, 6.45) is 1.26. The summed E-state index contributed by atoms with van der Waals surface area (Å²) in [5, 5.41) is 0.352. The van der Waals surface area contributed by atoms with E-state index in [2.05, 4.69) is 37.3 Å². The molecule has 0 unspecified atom stereocenters. The highest BCUT2D eigenvalue weighted by molar-refractivity contribution is 14.1. The molecule has 2 aromatic rings. The van der Waals surface area contributed by atoms with Crippen LogP contribution in [0.15, 0.2) is 29.4 Å². The molecule has 2 N–H and O–H groups in total. The molecular weight excluding hydrogens is 389 g/mol. The highest BCUT2D eigenvalue weighted by atomic mass is 127. The lowest BCUT2D eigenvalue weighted by Gasteiger charge is -2.08. The molecule has 0 bridgehead atoms. The Morgan fingerprint density at radius 3 is 2.78 bits per heavy atom. The predicted molar refractivity (Wildman–Crippen MR) is 78.3 cm³/mol. The minimum atomic E-state index is -3.69. The summed E-state index contributed by atoms with van der Waals surface area (Å²) < 4.78 is 27.4. The predicted octanol–water partition coefficient (Wildman–Crippen LogP) is 2.78. The third-order valence-corrected chi connectivity index (χ3v) is 4.42. The number of anilines is 1. The lowest BCUT2D eigenvalue weighted by Crippen LogP contribution is -2.13. The summed E-state index contributed by atoms with van der Waals surface area (Å²) in [6, 6.07) is 5.09. The van der Waals surface area contributed by atoms with Gasteiger partial charge in [-0.2, -0.15) is 8.42 Å². The van der Waals surface area contributed by atoms with E-state index in [0.29, 0.717) is 16.5 Å². The van der Waals surface area contributed by atoms with Crippen molar-refractivity contribution in [3.8, 4) is 0 Å². The smallest absolute Gasteiger partial charge is 0.279 e. The number of aromatic amines is 1. The Balaban J connectivity index is 2.36. The van der Waals surface area contributed by atoms with Crippen LogP contribution in [0, 0.1) is 10.5 Å². The number of nitrogens with zero attached hydrogens (tertiary/aromatic N) is 1. The zero-order chi connectivity index (χ0) is 13.3. The van der Waals surface area contributed by atoms with Gasteiger partial charge in [0.05, 0.1) is 16.9 Å². The van der Waals surface area contributed by atoms with Crippen molar-refractivity contribution in [3.05, 3.63) is 38.8 Å². The normalized spacial score (nSPS) is 11.5. The summed E-state index contributed by atoms with van der Waals surface area (Å²) in [6.45, 7) is 1.68. The van der Waals surface area contributed by atoms with Crippen LogP contribution in [0.3, 0.4) is 0 Å². The van der Waals surface area contributed by atoms with Gasteiger partial charge in [0, 0.05) is 3.57 Å². The molecule has 0 saturated carbocycles. The number of nitrogens with one attached hydrogen (secondary N) is 2. The number of hydrogen-bond donors (Lipinski definition) is 2. The number of sulfonamides is 1. The lowest BCUT2D eigenvalue weighted by atomic mass is 10.3.